The van der Waals surface area contributed by atoms with E-state index in [-0.39, 0.29) is 85.9 Å². The molecule has 2 aliphatic carbocycles. The molecule has 11 N–H and O–H groups in total. The lowest BCUT2D eigenvalue weighted by atomic mass is 9.70. The highest BCUT2D eigenvalue weighted by Crippen LogP contribution is 2.53. The minimum Gasteiger partial charge on any atom is -0.507 e. The number of rotatable bonds is 23. The summed E-state index contributed by atoms with van der Waals surface area (Å²) in [5.41, 5.74) is 1.13. The Morgan fingerprint density at radius 1 is 0.875 bits per heavy atom. The van der Waals surface area contributed by atoms with Crippen LogP contribution in [-0.2, 0) is 61.8 Å². The van der Waals surface area contributed by atoms with Gasteiger partial charge in [-0.05, 0) is 63.1 Å². The summed E-state index contributed by atoms with van der Waals surface area (Å²) in [5, 5.41) is 69.0. The van der Waals surface area contributed by atoms with Gasteiger partial charge in [0.25, 0.3) is 11.8 Å². The van der Waals surface area contributed by atoms with Gasteiger partial charge in [0.1, 0.15) is 29.8 Å². The molecule has 1 saturated heterocycles. The largest absolute Gasteiger partial charge is 0.507 e. The number of hydrogen-bond donors (Lipinski definition) is 10. The number of carbonyl (C=O) groups excluding carboxylic acids is 10. The number of ether oxygens (including phenoxy) is 3. The van der Waals surface area contributed by atoms with Crippen molar-refractivity contribution in [3.63, 3.8) is 0 Å². The summed E-state index contributed by atoms with van der Waals surface area (Å²) >= 11 is 0. The lowest BCUT2D eigenvalue weighted by molar-refractivity contribution is -0.340. The number of phenolic OH excluding ortho intramolecular Hbond substituents is 2. The average molecular weight is 1110 g/mol. The van der Waals surface area contributed by atoms with Crippen molar-refractivity contribution in [3.8, 4) is 11.5 Å². The van der Waals surface area contributed by atoms with Gasteiger partial charge in [0.15, 0.2) is 29.4 Å². The highest BCUT2D eigenvalue weighted by atomic mass is 16.7. The van der Waals surface area contributed by atoms with E-state index in [1.54, 1.807) is 26.0 Å². The van der Waals surface area contributed by atoms with Gasteiger partial charge in [0, 0.05) is 85.6 Å². The number of urea groups is 1. The number of unbranched alkanes of at least 4 members (excludes halogenated alkanes) is 2. The Morgan fingerprint density at radius 3 is 2.12 bits per heavy atom. The van der Waals surface area contributed by atoms with Crippen LogP contribution in [0.1, 0.15) is 134 Å². The second-order valence-electron chi connectivity index (χ2n) is 20.9. The standard InChI is InChI=1S/C56H66N6O18/c1-28(2)46(61-39(65)14-6-5-9-22-62-40(66)19-20-41(62)67)38(64)23-32(11-10-21-58-53(57)74)52(73)59-33-17-15-31(16-18-33)26-78-54(75)60-37-24-42(79-29(3)47(37)68)80-56(77)27-55(76,30(4)63)25-36-45(56)51(72)44-43(50(36)71)48(69)34-12-7-8-13-35(34)49(44)70/h7-8,12-13,15-20,28-29,32,37,42,46-47,68,71-72,76-77H,5-6,9-11,14,21-27H2,1-4H3,(H,59,73)(H,60,75)(H,61,65)(H3,57,58,74)/t29-,32+,37-,42-,46-,47+,55-,56-/m0/s1. The predicted octanol–water partition coefficient (Wildman–Crippen LogP) is 2.68. The summed E-state index contributed by atoms with van der Waals surface area (Å²) in [5.74, 6) is -10.5. The van der Waals surface area contributed by atoms with Gasteiger partial charge in [-0.3, -0.25) is 43.3 Å². The molecule has 3 aromatic rings. The molecule has 3 aromatic carbocycles. The Kier molecular flexibility index (Phi) is 18.7. The van der Waals surface area contributed by atoms with E-state index in [1.807, 2.05) is 0 Å². The summed E-state index contributed by atoms with van der Waals surface area (Å²) in [6.07, 6.45) is -2.89. The highest BCUT2D eigenvalue weighted by Gasteiger charge is 2.56. The molecule has 4 aliphatic rings. The third-order valence-electron chi connectivity index (χ3n) is 14.8. The van der Waals surface area contributed by atoms with E-state index in [4.69, 9.17) is 19.9 Å². The Labute approximate surface area is 459 Å². The number of aliphatic hydroxyl groups is 3. The number of phenols is 2. The van der Waals surface area contributed by atoms with E-state index in [1.165, 1.54) is 55.5 Å². The van der Waals surface area contributed by atoms with Crippen molar-refractivity contribution in [2.75, 3.05) is 18.4 Å². The van der Waals surface area contributed by atoms with Gasteiger partial charge < -0.3 is 66.7 Å². The van der Waals surface area contributed by atoms with E-state index in [0.717, 1.165) is 11.8 Å². The van der Waals surface area contributed by atoms with Gasteiger partial charge in [-0.25, -0.2) is 9.59 Å². The monoisotopic (exact) mass is 1110 g/mol. The van der Waals surface area contributed by atoms with Crippen molar-refractivity contribution in [3.05, 3.63) is 99.6 Å². The number of nitrogens with two attached hydrogens (primary N) is 1. The normalized spacial score (nSPS) is 22.9. The summed E-state index contributed by atoms with van der Waals surface area (Å²) < 4.78 is 17.3. The highest BCUT2D eigenvalue weighted by molar-refractivity contribution is 6.30. The zero-order valence-electron chi connectivity index (χ0n) is 44.6. The van der Waals surface area contributed by atoms with Crippen molar-refractivity contribution in [2.45, 2.75) is 140 Å². The van der Waals surface area contributed by atoms with Crippen molar-refractivity contribution < 1.29 is 87.7 Å². The van der Waals surface area contributed by atoms with Crippen LogP contribution in [-0.4, -0.2) is 139 Å². The van der Waals surface area contributed by atoms with Crippen LogP contribution >= 0.6 is 0 Å². The predicted molar refractivity (Wildman–Crippen MR) is 280 cm³/mol. The van der Waals surface area contributed by atoms with Gasteiger partial charge in [-0.15, -0.1) is 0 Å². The Bertz CT molecular complexity index is 2980. The fraction of sp³-hybridized carbons (Fsp3) is 0.464. The molecule has 0 radical (unpaired) electrons. The Hall–Kier alpha value is -7.90. The first-order valence-electron chi connectivity index (χ1n) is 26.3. The van der Waals surface area contributed by atoms with Crippen molar-refractivity contribution in [2.24, 2.45) is 17.6 Å². The van der Waals surface area contributed by atoms with E-state index in [2.05, 4.69) is 21.3 Å². The fourth-order valence-electron chi connectivity index (χ4n) is 10.4. The lowest BCUT2D eigenvalue weighted by Gasteiger charge is -2.46. The van der Waals surface area contributed by atoms with E-state index in [9.17, 15) is 73.5 Å². The Balaban J connectivity index is 0.953. The van der Waals surface area contributed by atoms with E-state index < -0.39 is 136 Å². The molecule has 428 valence electrons. The molecule has 24 heteroatoms. The van der Waals surface area contributed by atoms with Gasteiger partial charge in [-0.2, -0.15) is 0 Å². The summed E-state index contributed by atoms with van der Waals surface area (Å²) in [4.78, 5) is 130. The number of carbonyl (C=O) groups is 10. The SMILES string of the molecule is CC(=O)[C@]1(O)Cc2c(O)c3c(c(O)c2[C@@](O)(O[C@H]2C[C@H](NC(=O)OCc4ccc(NC(=O)[C@H](CCCNC(N)=O)CC(=O)[C@@H](NC(=O)CCCCCN5C(=O)C=CC5=O)C(C)C)cc4)[C@H](O)[C@H](C)O2)C1)C(=O)c1ccccc1C3=O. The molecule has 0 aromatic heterocycles. The quantitative estimate of drug-likeness (QED) is 0.0221. The molecular formula is C56H66N6O18. The lowest BCUT2D eigenvalue weighted by Crippen LogP contribution is -2.58. The number of hydrogen-bond acceptors (Lipinski definition) is 18. The molecular weight excluding hydrogens is 1040 g/mol. The number of fused-ring (bicyclic) bond motifs is 3. The van der Waals surface area contributed by atoms with Crippen LogP contribution in [0, 0.1) is 11.8 Å². The molecule has 24 nitrogen and oxygen atoms in total. The van der Waals surface area contributed by atoms with Gasteiger partial charge in [-0.1, -0.05) is 56.7 Å². The third kappa shape index (κ3) is 13.4. The first-order valence-corrected chi connectivity index (χ1v) is 26.3. The minimum absolute atomic E-state index is 0.0670. The summed E-state index contributed by atoms with van der Waals surface area (Å²) in [6.45, 7) is 6.02. The molecule has 8 atom stereocenters. The van der Waals surface area contributed by atoms with Crippen LogP contribution in [0.15, 0.2) is 60.7 Å². The zero-order chi connectivity index (χ0) is 58.4. The number of benzene rings is 3. The number of ketones is 4. The molecule has 7 rings (SSSR count). The second-order valence-corrected chi connectivity index (χ2v) is 20.9. The van der Waals surface area contributed by atoms with Crippen LogP contribution in [0.3, 0.4) is 0 Å². The number of nitrogens with one attached hydrogen (secondary N) is 4. The maximum atomic E-state index is 13.8. The molecule has 0 bridgehead atoms. The number of amides is 7. The molecule has 0 saturated carbocycles. The molecule has 0 unspecified atom stereocenters. The van der Waals surface area contributed by atoms with Crippen LogP contribution in [0.25, 0.3) is 0 Å². The fourth-order valence-corrected chi connectivity index (χ4v) is 10.4. The summed E-state index contributed by atoms with van der Waals surface area (Å²) in [6, 6.07) is 9.01. The van der Waals surface area contributed by atoms with Gasteiger partial charge in [0.2, 0.25) is 17.6 Å². The van der Waals surface area contributed by atoms with Crippen molar-refractivity contribution in [1.82, 2.24) is 20.9 Å². The maximum Gasteiger partial charge on any atom is 0.407 e. The number of primary amides is 1. The molecule has 80 heavy (non-hydrogen) atoms. The molecule has 7 amide bonds. The van der Waals surface area contributed by atoms with Crippen LogP contribution in [0.5, 0.6) is 11.5 Å². The van der Waals surface area contributed by atoms with Gasteiger partial charge >= 0.3 is 12.1 Å². The van der Waals surface area contributed by atoms with Crippen molar-refractivity contribution >= 4 is 64.6 Å². The number of aliphatic hydroxyl groups excluding tert-OH is 1. The number of aromatic hydroxyl groups is 2. The number of anilines is 1. The average Bonchev–Trinajstić information content (AvgIpc) is 3.72. The molecule has 1 fully saturated rings. The first kappa shape index (κ1) is 59.8. The number of imide groups is 1. The number of nitrogens with zero attached hydrogens (tertiary/aromatic N) is 1. The minimum atomic E-state index is -2.89. The summed E-state index contributed by atoms with van der Waals surface area (Å²) in [7, 11) is 0. The van der Waals surface area contributed by atoms with Crippen LogP contribution < -0.4 is 27.0 Å². The molecule has 2 aliphatic heterocycles. The van der Waals surface area contributed by atoms with E-state index >= 15 is 0 Å². The van der Waals surface area contributed by atoms with E-state index in [0.29, 0.717) is 30.5 Å². The Morgan fingerprint density at radius 2 is 1.51 bits per heavy atom. The topological polar surface area (TPSA) is 377 Å². The molecule has 0 spiro atoms. The molecule has 2 heterocycles. The number of alkyl carbamates (subject to hydrolysis) is 1. The van der Waals surface area contributed by atoms with Crippen molar-refractivity contribution in [1.29, 1.82) is 0 Å². The van der Waals surface area contributed by atoms with Gasteiger partial charge in [0.05, 0.1) is 34.9 Å². The maximum absolute atomic E-state index is 13.8. The smallest absolute Gasteiger partial charge is 0.407 e. The van der Waals surface area contributed by atoms with Crippen LogP contribution in [0.2, 0.25) is 0 Å². The third-order valence-corrected chi connectivity index (χ3v) is 14.8. The van der Waals surface area contributed by atoms with Crippen LogP contribution in [0.4, 0.5) is 15.3 Å². The number of Topliss-reactive ketones (excluding diaryl/α,β-unsaturated/α-hetero) is 2. The first-order chi connectivity index (χ1) is 37.8. The second kappa shape index (κ2) is 25.0. The zero-order valence-corrected chi connectivity index (χ0v) is 44.6.